The Bertz CT molecular complexity index is 720. The van der Waals surface area contributed by atoms with Crippen LogP contribution in [-0.2, 0) is 0 Å². The fourth-order valence-corrected chi connectivity index (χ4v) is 3.99. The van der Waals surface area contributed by atoms with Crippen LogP contribution in [0.1, 0.15) is 66.2 Å². The Kier molecular flexibility index (Phi) is 11.4. The van der Waals surface area contributed by atoms with E-state index in [-0.39, 0.29) is 0 Å². The Morgan fingerprint density at radius 1 is 0.562 bits per heavy atom. The highest BCUT2D eigenvalue weighted by molar-refractivity contribution is 6.16. The van der Waals surface area contributed by atoms with Gasteiger partial charge in [0.05, 0.1) is 0 Å². The number of aliphatic imine (C=N–C) groups is 4. The monoisotopic (exact) mass is 440 g/mol. The smallest absolute Gasteiger partial charge is 0.0422 e. The van der Waals surface area contributed by atoms with Gasteiger partial charge >= 0.3 is 0 Å². The van der Waals surface area contributed by atoms with Gasteiger partial charge in [-0.25, -0.2) is 0 Å². The molecule has 0 unspecified atom stereocenters. The van der Waals surface area contributed by atoms with Crippen molar-refractivity contribution in [2.75, 3.05) is 53.4 Å². The maximum atomic E-state index is 4.88. The van der Waals surface area contributed by atoms with Gasteiger partial charge in [-0.1, -0.05) is 12.8 Å². The van der Waals surface area contributed by atoms with Gasteiger partial charge in [-0.3, -0.25) is 20.0 Å². The maximum Gasteiger partial charge on any atom is 0.0422 e. The summed E-state index contributed by atoms with van der Waals surface area (Å²) >= 11 is 0. The lowest BCUT2D eigenvalue weighted by Gasteiger charge is -2.23. The van der Waals surface area contributed by atoms with E-state index in [1.165, 1.54) is 37.1 Å². The van der Waals surface area contributed by atoms with Crippen LogP contribution in [0.15, 0.2) is 42.5 Å². The molecule has 0 saturated carbocycles. The highest BCUT2D eigenvalue weighted by Gasteiger charge is 2.11. The van der Waals surface area contributed by atoms with E-state index >= 15 is 0 Å². The minimum Gasteiger partial charge on any atom is -0.378 e. The Morgan fingerprint density at radius 3 is 1.41 bits per heavy atom. The third kappa shape index (κ3) is 8.36. The molecule has 0 atom stereocenters. The molecular weight excluding hydrogens is 396 g/mol. The fraction of sp³-hybridized carbons (Fsp3) is 0.692. The topological polar surface area (TPSA) is 55.9 Å². The van der Waals surface area contributed by atoms with E-state index in [4.69, 9.17) is 20.0 Å². The predicted molar refractivity (Wildman–Crippen MR) is 141 cm³/mol. The van der Waals surface area contributed by atoms with Crippen molar-refractivity contribution in [3.8, 4) is 0 Å². The van der Waals surface area contributed by atoms with E-state index in [1.807, 2.05) is 12.4 Å². The summed E-state index contributed by atoms with van der Waals surface area (Å²) in [5, 5.41) is 0. The molecule has 0 radical (unpaired) electrons. The number of hydrogen-bond acceptors (Lipinski definition) is 6. The molecule has 0 aromatic heterocycles. The maximum absolute atomic E-state index is 4.88. The van der Waals surface area contributed by atoms with Gasteiger partial charge in [-0.05, 0) is 53.4 Å². The van der Waals surface area contributed by atoms with Crippen molar-refractivity contribution in [1.29, 1.82) is 0 Å². The largest absolute Gasteiger partial charge is 0.378 e. The SMILES string of the molecule is CC1=NCCCN=C(C)C2=C(C)N(C)CCCCCCN(C)C(C)=C1C=NCCCN=C2. The summed E-state index contributed by atoms with van der Waals surface area (Å²) in [6, 6.07) is 0. The number of nitrogens with zero attached hydrogens (tertiary/aromatic N) is 6. The van der Waals surface area contributed by atoms with Gasteiger partial charge in [-0.2, -0.15) is 0 Å². The van der Waals surface area contributed by atoms with E-state index in [1.54, 1.807) is 0 Å². The van der Waals surface area contributed by atoms with Crippen LogP contribution in [-0.4, -0.2) is 87.0 Å². The van der Waals surface area contributed by atoms with E-state index < -0.39 is 0 Å². The highest BCUT2D eigenvalue weighted by atomic mass is 15.1. The molecule has 3 heterocycles. The predicted octanol–water partition coefficient (Wildman–Crippen LogP) is 4.83. The van der Waals surface area contributed by atoms with Crippen LogP contribution >= 0.6 is 0 Å². The minimum atomic E-state index is 0.774. The van der Waals surface area contributed by atoms with Crippen molar-refractivity contribution >= 4 is 23.9 Å². The van der Waals surface area contributed by atoms with Gasteiger partial charge in [-0.15, -0.1) is 0 Å². The Morgan fingerprint density at radius 2 is 0.969 bits per heavy atom. The lowest BCUT2D eigenvalue weighted by molar-refractivity contribution is 0.378. The van der Waals surface area contributed by atoms with Crippen LogP contribution < -0.4 is 0 Å². The second-order valence-corrected chi connectivity index (χ2v) is 8.97. The molecule has 2 bridgehead atoms. The summed E-state index contributed by atoms with van der Waals surface area (Å²) in [4.78, 5) is 24.0. The van der Waals surface area contributed by atoms with Crippen molar-refractivity contribution in [2.45, 2.75) is 66.2 Å². The lowest BCUT2D eigenvalue weighted by atomic mass is 10.1. The molecule has 32 heavy (non-hydrogen) atoms. The molecule has 3 rings (SSSR count). The zero-order chi connectivity index (χ0) is 23.3. The highest BCUT2D eigenvalue weighted by Crippen LogP contribution is 2.14. The summed E-state index contributed by atoms with van der Waals surface area (Å²) in [5.74, 6) is 0. The molecule has 0 aliphatic carbocycles. The van der Waals surface area contributed by atoms with Crippen LogP contribution in [0.5, 0.6) is 0 Å². The molecule has 6 heteroatoms. The first kappa shape index (κ1) is 26.0. The summed E-state index contributed by atoms with van der Waals surface area (Å²) in [6.45, 7) is 13.9. The van der Waals surface area contributed by atoms with Crippen molar-refractivity contribution in [2.24, 2.45) is 20.0 Å². The molecule has 0 aromatic rings. The summed E-state index contributed by atoms with van der Waals surface area (Å²) in [5.41, 5.74) is 6.96. The first-order valence-corrected chi connectivity index (χ1v) is 12.3. The number of hydrogen-bond donors (Lipinski definition) is 0. The number of rotatable bonds is 0. The molecule has 0 aromatic carbocycles. The second-order valence-electron chi connectivity index (χ2n) is 8.97. The van der Waals surface area contributed by atoms with E-state index in [0.717, 1.165) is 74.7 Å². The van der Waals surface area contributed by atoms with Crippen molar-refractivity contribution < 1.29 is 0 Å². The molecule has 3 aliphatic rings. The van der Waals surface area contributed by atoms with Gasteiger partial charge in [0.2, 0.25) is 0 Å². The van der Waals surface area contributed by atoms with Gasteiger partial charge in [0.1, 0.15) is 0 Å². The fourth-order valence-electron chi connectivity index (χ4n) is 3.99. The standard InChI is InChI=1S/C26H44N6/c1-21-25-19-27-13-11-14-28-20-26(22(2)30-16-12-15-29-21)24(4)32(6)18-10-8-7-9-17-31(5)23(25)3/h19-20H,7-18H2,1-6H3. The lowest BCUT2D eigenvalue weighted by Crippen LogP contribution is -2.22. The quantitative estimate of drug-likeness (QED) is 0.542. The third-order valence-electron chi connectivity index (χ3n) is 6.47. The van der Waals surface area contributed by atoms with Crippen LogP contribution in [0.3, 0.4) is 0 Å². The van der Waals surface area contributed by atoms with E-state index in [0.29, 0.717) is 0 Å². The zero-order valence-corrected chi connectivity index (χ0v) is 21.3. The minimum absolute atomic E-state index is 0.774. The van der Waals surface area contributed by atoms with Crippen LogP contribution in [0.2, 0.25) is 0 Å². The Balaban J connectivity index is 2.45. The second kappa shape index (κ2) is 14.0. The average Bonchev–Trinajstić information content (AvgIpc) is 2.77. The molecule has 178 valence electrons. The number of allylic oxidation sites excluding steroid dienone is 4. The summed E-state index contributed by atoms with van der Waals surface area (Å²) in [6.07, 6.45) is 10.8. The third-order valence-corrected chi connectivity index (χ3v) is 6.47. The molecule has 0 fully saturated rings. The Hall–Kier alpha value is -2.24. The molecule has 6 nitrogen and oxygen atoms in total. The van der Waals surface area contributed by atoms with Crippen molar-refractivity contribution in [1.82, 2.24) is 9.80 Å². The van der Waals surface area contributed by atoms with E-state index in [2.05, 4.69) is 51.6 Å². The Labute approximate surface area is 196 Å². The first-order chi connectivity index (χ1) is 15.4. The molecule has 3 aliphatic heterocycles. The van der Waals surface area contributed by atoms with Gasteiger partial charge < -0.3 is 9.80 Å². The van der Waals surface area contributed by atoms with Gasteiger partial charge in [0.15, 0.2) is 0 Å². The van der Waals surface area contributed by atoms with Gasteiger partial charge in [0.25, 0.3) is 0 Å². The summed E-state index contributed by atoms with van der Waals surface area (Å²) in [7, 11) is 4.38. The zero-order valence-electron chi connectivity index (χ0n) is 21.3. The van der Waals surface area contributed by atoms with Crippen LogP contribution in [0, 0.1) is 0 Å². The molecule has 0 amide bonds. The van der Waals surface area contributed by atoms with E-state index in [9.17, 15) is 0 Å². The molecule has 0 saturated heterocycles. The summed E-state index contributed by atoms with van der Waals surface area (Å²) < 4.78 is 0. The normalized spacial score (nSPS) is 21.6. The van der Waals surface area contributed by atoms with Crippen molar-refractivity contribution in [3.05, 3.63) is 22.5 Å². The van der Waals surface area contributed by atoms with Gasteiger partial charge in [0, 0.05) is 99.8 Å². The molecule has 0 spiro atoms. The van der Waals surface area contributed by atoms with Crippen molar-refractivity contribution in [3.63, 3.8) is 0 Å². The molecular formula is C26H44N6. The number of fused-ring (bicyclic) bond motifs is 17. The average molecular weight is 441 g/mol. The van der Waals surface area contributed by atoms with Crippen LogP contribution in [0.4, 0.5) is 0 Å². The molecule has 0 N–H and O–H groups in total. The van der Waals surface area contributed by atoms with Crippen LogP contribution in [0.25, 0.3) is 0 Å². The first-order valence-electron chi connectivity index (χ1n) is 12.3.